The van der Waals surface area contributed by atoms with Crippen LogP contribution in [0.15, 0.2) is 180 Å². The summed E-state index contributed by atoms with van der Waals surface area (Å²) in [5, 5.41) is 15.4. The molecule has 7 aromatic rings. The fourth-order valence-corrected chi connectivity index (χ4v) is 6.32. The average Bonchev–Trinajstić information content (AvgIpc) is 3.18. The molecule has 48 heavy (non-hydrogen) atoms. The summed E-state index contributed by atoms with van der Waals surface area (Å²) < 4.78 is 0. The topological polar surface area (TPSA) is 60.5 Å². The normalized spacial score (nSPS) is 14.0. The fraction of sp³-hybridized carbons (Fsp3) is 0.0227. The molecule has 8 rings (SSSR count). The number of nitriles is 1. The third-order valence-electron chi connectivity index (χ3n) is 8.82. The van der Waals surface area contributed by atoms with Gasteiger partial charge in [-0.05, 0) is 61.8 Å². The maximum absolute atomic E-state index is 9.54. The highest BCUT2D eigenvalue weighted by atomic mass is 15.2. The van der Waals surface area contributed by atoms with Crippen LogP contribution >= 0.6 is 0 Å². The van der Waals surface area contributed by atoms with E-state index in [1.54, 1.807) is 0 Å². The summed E-state index contributed by atoms with van der Waals surface area (Å²) in [6.07, 6.45) is -0.229. The second-order valence-corrected chi connectivity index (χ2v) is 11.8. The molecule has 0 fully saturated rings. The van der Waals surface area contributed by atoms with Gasteiger partial charge in [-0.2, -0.15) is 5.26 Å². The molecule has 0 bridgehead atoms. The molecule has 0 aliphatic carbocycles. The molecule has 0 radical (unpaired) electrons. The summed E-state index contributed by atoms with van der Waals surface area (Å²) in [7, 11) is 0. The zero-order valence-corrected chi connectivity index (χ0v) is 26.1. The highest BCUT2D eigenvalue weighted by molar-refractivity contribution is 6.13. The Hall–Kier alpha value is -6.57. The lowest BCUT2D eigenvalue weighted by atomic mass is 9.93. The Bertz CT molecular complexity index is 2350. The molecule has 1 N–H and O–H groups in total. The van der Waals surface area contributed by atoms with Crippen molar-refractivity contribution in [3.63, 3.8) is 0 Å². The number of amidine groups is 2. The van der Waals surface area contributed by atoms with Crippen molar-refractivity contribution < 1.29 is 0 Å². The summed E-state index contributed by atoms with van der Waals surface area (Å²) in [5.74, 6) is 1.52. The molecule has 1 unspecified atom stereocenters. The van der Waals surface area contributed by atoms with Crippen molar-refractivity contribution >= 4 is 22.4 Å². The van der Waals surface area contributed by atoms with E-state index in [4.69, 9.17) is 9.98 Å². The zero-order valence-electron chi connectivity index (χ0n) is 26.1. The molecule has 1 heterocycles. The molecule has 0 saturated heterocycles. The van der Waals surface area contributed by atoms with Crippen LogP contribution in [-0.2, 0) is 0 Å². The highest BCUT2D eigenvalue weighted by Gasteiger charge is 2.21. The number of fused-ring (bicyclic) bond motifs is 1. The molecule has 1 atom stereocenters. The molecule has 0 saturated carbocycles. The lowest BCUT2D eigenvalue weighted by Crippen LogP contribution is -2.33. The Kier molecular flexibility index (Phi) is 7.62. The summed E-state index contributed by atoms with van der Waals surface area (Å²) >= 11 is 0. The van der Waals surface area contributed by atoms with Gasteiger partial charge in [0.15, 0.2) is 5.84 Å². The van der Waals surface area contributed by atoms with Gasteiger partial charge in [0.05, 0.1) is 11.6 Å². The minimum atomic E-state index is -0.229. The third kappa shape index (κ3) is 5.66. The summed E-state index contributed by atoms with van der Waals surface area (Å²) in [6, 6.07) is 60.6. The van der Waals surface area contributed by atoms with Crippen LogP contribution in [0.25, 0.3) is 44.2 Å². The van der Waals surface area contributed by atoms with Gasteiger partial charge in [-0.3, -0.25) is 0 Å². The minimum Gasteiger partial charge on any atom is -0.344 e. The lowest BCUT2D eigenvalue weighted by molar-refractivity contribution is 0.674. The van der Waals surface area contributed by atoms with E-state index in [1.165, 1.54) is 16.3 Å². The van der Waals surface area contributed by atoms with Crippen LogP contribution in [-0.4, -0.2) is 11.7 Å². The molecular weight excluding hydrogens is 585 g/mol. The molecular formula is C44H30N4. The van der Waals surface area contributed by atoms with Crippen LogP contribution in [0.3, 0.4) is 0 Å². The molecule has 1 aliphatic heterocycles. The fourth-order valence-electron chi connectivity index (χ4n) is 6.32. The smallest absolute Gasteiger partial charge is 0.159 e. The molecule has 4 heteroatoms. The quantitative estimate of drug-likeness (QED) is 0.203. The van der Waals surface area contributed by atoms with E-state index in [1.807, 2.05) is 60.7 Å². The van der Waals surface area contributed by atoms with Crippen molar-refractivity contribution in [3.05, 3.63) is 192 Å². The molecule has 1 aliphatic rings. The van der Waals surface area contributed by atoms with E-state index in [2.05, 4.69) is 121 Å². The lowest BCUT2D eigenvalue weighted by Gasteiger charge is -2.23. The van der Waals surface area contributed by atoms with E-state index in [0.29, 0.717) is 11.4 Å². The van der Waals surface area contributed by atoms with Crippen LogP contribution < -0.4 is 5.32 Å². The molecule has 0 amide bonds. The van der Waals surface area contributed by atoms with Crippen LogP contribution in [0.5, 0.6) is 0 Å². The van der Waals surface area contributed by atoms with E-state index in [0.717, 1.165) is 50.3 Å². The predicted octanol–water partition coefficient (Wildman–Crippen LogP) is 10.2. The van der Waals surface area contributed by atoms with Gasteiger partial charge in [-0.15, -0.1) is 0 Å². The second-order valence-electron chi connectivity index (χ2n) is 11.8. The van der Waals surface area contributed by atoms with Crippen LogP contribution in [0.1, 0.15) is 28.4 Å². The summed E-state index contributed by atoms with van der Waals surface area (Å²) in [6.45, 7) is 0. The Morgan fingerprint density at radius 1 is 0.500 bits per heavy atom. The van der Waals surface area contributed by atoms with Crippen LogP contribution in [0.2, 0.25) is 0 Å². The number of rotatable bonds is 6. The predicted molar refractivity (Wildman–Crippen MR) is 197 cm³/mol. The van der Waals surface area contributed by atoms with E-state index in [9.17, 15) is 5.26 Å². The van der Waals surface area contributed by atoms with Gasteiger partial charge in [-0.1, -0.05) is 158 Å². The number of nitrogens with one attached hydrogen (secondary N) is 1. The minimum absolute atomic E-state index is 0.229. The maximum Gasteiger partial charge on any atom is 0.159 e. The Labute approximate surface area is 280 Å². The van der Waals surface area contributed by atoms with Crippen LogP contribution in [0, 0.1) is 11.3 Å². The van der Waals surface area contributed by atoms with Crippen LogP contribution in [0.4, 0.5) is 0 Å². The summed E-state index contributed by atoms with van der Waals surface area (Å²) in [5.41, 5.74) is 10.4. The van der Waals surface area contributed by atoms with E-state index in [-0.39, 0.29) is 6.17 Å². The van der Waals surface area contributed by atoms with Crippen molar-refractivity contribution in [2.45, 2.75) is 6.17 Å². The Morgan fingerprint density at radius 3 is 1.85 bits per heavy atom. The van der Waals surface area contributed by atoms with Gasteiger partial charge < -0.3 is 5.32 Å². The molecule has 7 aromatic carbocycles. The monoisotopic (exact) mass is 614 g/mol. The van der Waals surface area contributed by atoms with Gasteiger partial charge in [0, 0.05) is 11.1 Å². The second kappa shape index (κ2) is 12.7. The Balaban J connectivity index is 1.09. The first-order valence-electron chi connectivity index (χ1n) is 16.0. The average molecular weight is 615 g/mol. The van der Waals surface area contributed by atoms with Crippen molar-refractivity contribution in [1.29, 1.82) is 5.26 Å². The van der Waals surface area contributed by atoms with E-state index >= 15 is 0 Å². The number of nitrogens with zero attached hydrogens (tertiary/aromatic N) is 3. The standard InChI is InChI=1S/C44H30N4/c45-29-38-14-7-8-16-39(38)31-20-22-32(23-21-31)40-17-9-15-37-28-36(26-27-41(37)40)30-18-24-35(25-19-30)44-47-42(33-10-3-1-4-11-33)46-43(48-44)34-12-5-2-6-13-34/h1-28,42H,(H,46,47,48). The molecule has 4 nitrogen and oxygen atoms in total. The number of aliphatic imine (C=N–C) groups is 2. The third-order valence-corrected chi connectivity index (χ3v) is 8.82. The van der Waals surface area contributed by atoms with Gasteiger partial charge in [0.2, 0.25) is 0 Å². The highest BCUT2D eigenvalue weighted by Crippen LogP contribution is 2.34. The Morgan fingerprint density at radius 2 is 1.10 bits per heavy atom. The first kappa shape index (κ1) is 28.9. The molecule has 0 aromatic heterocycles. The largest absolute Gasteiger partial charge is 0.344 e. The first-order valence-corrected chi connectivity index (χ1v) is 16.0. The van der Waals surface area contributed by atoms with Gasteiger partial charge in [0.1, 0.15) is 12.0 Å². The van der Waals surface area contributed by atoms with Gasteiger partial charge in [-0.25, -0.2) is 9.98 Å². The van der Waals surface area contributed by atoms with Gasteiger partial charge >= 0.3 is 0 Å². The van der Waals surface area contributed by atoms with Crippen molar-refractivity contribution in [2.24, 2.45) is 9.98 Å². The van der Waals surface area contributed by atoms with Gasteiger partial charge in [0.25, 0.3) is 0 Å². The van der Waals surface area contributed by atoms with E-state index < -0.39 is 0 Å². The number of hydrogen-bond donors (Lipinski definition) is 1. The first-order chi connectivity index (χ1) is 23.7. The summed E-state index contributed by atoms with van der Waals surface area (Å²) in [4.78, 5) is 9.97. The number of benzene rings is 7. The molecule has 226 valence electrons. The molecule has 0 spiro atoms. The maximum atomic E-state index is 9.54. The SMILES string of the molecule is N#Cc1ccccc1-c1ccc(-c2cccc3cc(-c4ccc(C5=NC(c6ccccc6)NC(c6ccccc6)=N5)cc4)ccc23)cc1. The zero-order chi connectivity index (χ0) is 32.3. The van der Waals surface area contributed by atoms with Crippen molar-refractivity contribution in [3.8, 4) is 39.4 Å². The number of hydrogen-bond acceptors (Lipinski definition) is 4. The van der Waals surface area contributed by atoms with Crippen molar-refractivity contribution in [2.75, 3.05) is 0 Å². The van der Waals surface area contributed by atoms with Crippen molar-refractivity contribution in [1.82, 2.24) is 5.32 Å².